The first-order chi connectivity index (χ1) is 12.2. The van der Waals surface area contributed by atoms with Crippen molar-refractivity contribution in [3.8, 4) is 5.75 Å². The van der Waals surface area contributed by atoms with Crippen molar-refractivity contribution in [2.75, 3.05) is 23.3 Å². The number of esters is 1. The molecule has 26 heavy (non-hydrogen) atoms. The number of anilines is 2. The Kier molecular flexibility index (Phi) is 4.91. The number of hydrogen-bond acceptors (Lipinski definition) is 5. The molecule has 0 saturated heterocycles. The van der Waals surface area contributed by atoms with Crippen LogP contribution in [0, 0.1) is 6.92 Å². The summed E-state index contributed by atoms with van der Waals surface area (Å²) < 4.78 is 34.7. The van der Waals surface area contributed by atoms with E-state index in [1.807, 2.05) is 13.0 Å². The Bertz CT molecular complexity index is 906. The van der Waals surface area contributed by atoms with Crippen molar-refractivity contribution in [1.29, 1.82) is 0 Å². The first kappa shape index (κ1) is 18.3. The number of carbonyl (C=O) groups excluding carboxylic acids is 2. The van der Waals surface area contributed by atoms with Gasteiger partial charge in [0.2, 0.25) is 0 Å². The zero-order valence-corrected chi connectivity index (χ0v) is 15.8. The van der Waals surface area contributed by atoms with Crippen LogP contribution < -0.4 is 19.3 Å². The molecule has 0 bridgehead atoms. The van der Waals surface area contributed by atoms with Crippen LogP contribution >= 0.6 is 0 Å². The third-order valence-corrected chi connectivity index (χ3v) is 5.86. The molecule has 1 aliphatic rings. The molecule has 0 radical (unpaired) electrons. The monoisotopic (exact) mass is 420 g/mol. The maximum absolute atomic E-state index is 12.3. The zero-order valence-electron chi connectivity index (χ0n) is 13.9. The average molecular weight is 420 g/mol. The molecule has 0 atom stereocenters. The minimum atomic E-state index is -4.94. The van der Waals surface area contributed by atoms with Gasteiger partial charge in [0.15, 0.2) is 0 Å². The summed E-state index contributed by atoms with van der Waals surface area (Å²) in [6, 6.07) is 10.8. The third kappa shape index (κ3) is 4.16. The number of carbonyl (C=O) groups is 2. The number of nitrogens with one attached hydrogen (secondary N) is 1. The van der Waals surface area contributed by atoms with Gasteiger partial charge in [-0.25, -0.2) is 0 Å². The van der Waals surface area contributed by atoms with E-state index in [4.69, 9.17) is 12.9 Å². The van der Waals surface area contributed by atoms with Gasteiger partial charge in [0.1, 0.15) is 0 Å². The quantitative estimate of drug-likeness (QED) is 0.360. The summed E-state index contributed by atoms with van der Waals surface area (Å²) in [7, 11) is 0. The van der Waals surface area contributed by atoms with Crippen LogP contribution in [0.3, 0.4) is 0 Å². The molecule has 136 valence electrons. The normalized spacial score (nSPS) is 13.8. The fourth-order valence-corrected chi connectivity index (χ4v) is 3.74. The summed E-state index contributed by atoms with van der Waals surface area (Å²) >= 11 is -4.94. The van der Waals surface area contributed by atoms with Crippen molar-refractivity contribution in [1.82, 2.24) is 0 Å². The molecule has 3 N–H and O–H groups in total. The standard InChI is InChI=1S/C17H17AsN2O6/c1-11-2-7-14-15(8-11)26-17(22)10-20(14)9-16(21)19-13-5-3-12(4-6-13)18(23,24)25/h2-8H,9-10H2,1H3,(H,19,21)(H2,23,24,25). The van der Waals surface area contributed by atoms with Crippen LogP contribution in [-0.2, 0) is 13.3 Å². The number of benzene rings is 2. The molecule has 0 aromatic heterocycles. The zero-order chi connectivity index (χ0) is 18.9. The molecule has 9 heteroatoms. The second-order valence-corrected chi connectivity index (χ2v) is 9.31. The molecule has 2 aromatic rings. The Morgan fingerprint density at radius 1 is 1.23 bits per heavy atom. The van der Waals surface area contributed by atoms with Crippen molar-refractivity contribution in [2.24, 2.45) is 0 Å². The van der Waals surface area contributed by atoms with Crippen molar-refractivity contribution < 1.29 is 26.3 Å². The molecule has 1 aliphatic heterocycles. The summed E-state index contributed by atoms with van der Waals surface area (Å²) in [5.41, 5.74) is 2.01. The number of fused-ring (bicyclic) bond motifs is 1. The first-order valence-corrected chi connectivity index (χ1v) is 11.1. The number of amides is 1. The molecule has 2 aromatic carbocycles. The molecule has 0 fully saturated rings. The molecule has 1 amide bonds. The Morgan fingerprint density at radius 2 is 1.92 bits per heavy atom. The summed E-state index contributed by atoms with van der Waals surface area (Å²) in [4.78, 5) is 25.7. The number of aryl methyl sites for hydroxylation is 1. The van der Waals surface area contributed by atoms with Crippen LogP contribution in [-0.4, -0.2) is 47.3 Å². The molecule has 0 aliphatic carbocycles. The SMILES string of the molecule is Cc1ccc2c(c1)OC(=O)CN2CC(=O)Nc1ccc([As](=O)(O)O)cc1. The van der Waals surface area contributed by atoms with Gasteiger partial charge in [0.25, 0.3) is 0 Å². The van der Waals surface area contributed by atoms with Gasteiger partial charge in [-0.1, -0.05) is 0 Å². The van der Waals surface area contributed by atoms with E-state index < -0.39 is 20.1 Å². The van der Waals surface area contributed by atoms with E-state index in [1.165, 1.54) is 24.3 Å². The minimum absolute atomic E-state index is 0.0386. The van der Waals surface area contributed by atoms with Crippen LogP contribution in [0.4, 0.5) is 11.4 Å². The summed E-state index contributed by atoms with van der Waals surface area (Å²) in [6.07, 6.45) is 0. The molecule has 0 unspecified atom stereocenters. The molecule has 0 saturated carbocycles. The topological polar surface area (TPSA) is 116 Å². The molecule has 3 rings (SSSR count). The van der Waals surface area contributed by atoms with Gasteiger partial charge in [-0.15, -0.1) is 0 Å². The Morgan fingerprint density at radius 3 is 2.58 bits per heavy atom. The van der Waals surface area contributed by atoms with E-state index in [2.05, 4.69) is 5.32 Å². The Hall–Kier alpha value is -2.54. The van der Waals surface area contributed by atoms with E-state index in [0.717, 1.165) is 5.56 Å². The Labute approximate surface area is 152 Å². The van der Waals surface area contributed by atoms with Gasteiger partial charge in [0.05, 0.1) is 0 Å². The van der Waals surface area contributed by atoms with E-state index in [9.17, 15) is 13.3 Å². The van der Waals surface area contributed by atoms with Crippen LogP contribution in [0.2, 0.25) is 0 Å². The van der Waals surface area contributed by atoms with Crippen LogP contribution in [0.1, 0.15) is 5.56 Å². The van der Waals surface area contributed by atoms with Crippen LogP contribution in [0.5, 0.6) is 5.75 Å². The fraction of sp³-hybridized carbons (Fsp3) is 0.176. The van der Waals surface area contributed by atoms with Gasteiger partial charge in [-0.2, -0.15) is 0 Å². The van der Waals surface area contributed by atoms with Gasteiger partial charge in [0, 0.05) is 0 Å². The fourth-order valence-electron chi connectivity index (χ4n) is 2.61. The van der Waals surface area contributed by atoms with Crippen molar-refractivity contribution in [3.63, 3.8) is 0 Å². The number of nitrogens with zero attached hydrogens (tertiary/aromatic N) is 1. The predicted octanol–water partition coefficient (Wildman–Crippen LogP) is -0.0799. The van der Waals surface area contributed by atoms with Crippen LogP contribution in [0.15, 0.2) is 42.5 Å². The number of ether oxygens (including phenoxy) is 1. The van der Waals surface area contributed by atoms with Crippen molar-refractivity contribution in [2.45, 2.75) is 6.92 Å². The van der Waals surface area contributed by atoms with Crippen molar-refractivity contribution in [3.05, 3.63) is 48.0 Å². The second-order valence-electron chi connectivity index (χ2n) is 5.94. The Balaban J connectivity index is 1.71. The van der Waals surface area contributed by atoms with E-state index in [0.29, 0.717) is 17.1 Å². The molecule has 1 heterocycles. The summed E-state index contributed by atoms with van der Waals surface area (Å²) in [5, 5.41) is 2.65. The van der Waals surface area contributed by atoms with Gasteiger partial charge < -0.3 is 0 Å². The molecule has 8 nitrogen and oxygen atoms in total. The van der Waals surface area contributed by atoms with Gasteiger partial charge in [-0.3, -0.25) is 0 Å². The maximum atomic E-state index is 12.3. The summed E-state index contributed by atoms with van der Waals surface area (Å²) in [5.74, 6) is -0.383. The predicted molar refractivity (Wildman–Crippen MR) is 94.6 cm³/mol. The third-order valence-electron chi connectivity index (χ3n) is 3.82. The first-order valence-electron chi connectivity index (χ1n) is 7.75. The molecule has 0 spiro atoms. The summed E-state index contributed by atoms with van der Waals surface area (Å²) in [6.45, 7) is 1.78. The van der Waals surface area contributed by atoms with Crippen LogP contribution in [0.25, 0.3) is 0 Å². The molecular weight excluding hydrogens is 403 g/mol. The average Bonchev–Trinajstić information content (AvgIpc) is 2.53. The molecular formula is C17H17AsN2O6. The van der Waals surface area contributed by atoms with E-state index >= 15 is 0 Å². The number of hydrogen-bond donors (Lipinski definition) is 3. The van der Waals surface area contributed by atoms with Gasteiger partial charge >= 0.3 is 145 Å². The van der Waals surface area contributed by atoms with E-state index in [1.54, 1.807) is 17.0 Å². The van der Waals surface area contributed by atoms with Crippen molar-refractivity contribution >= 4 is 41.8 Å². The number of rotatable bonds is 4. The van der Waals surface area contributed by atoms with E-state index in [-0.39, 0.29) is 23.3 Å². The van der Waals surface area contributed by atoms with Gasteiger partial charge in [-0.05, 0) is 6.92 Å². The second kappa shape index (κ2) is 6.99.